The highest BCUT2D eigenvalue weighted by Crippen LogP contribution is 2.01. The summed E-state index contributed by atoms with van der Waals surface area (Å²) in [6.07, 6.45) is -0.270. The van der Waals surface area contributed by atoms with Gasteiger partial charge in [0.25, 0.3) is 0 Å². The molecule has 108 valence electrons. The number of aliphatic hydroxyl groups excluding tert-OH is 1. The van der Waals surface area contributed by atoms with E-state index in [0.29, 0.717) is 26.4 Å². The van der Waals surface area contributed by atoms with Gasteiger partial charge in [0.2, 0.25) is 0 Å². The van der Waals surface area contributed by atoms with Crippen LogP contribution < -0.4 is 5.32 Å². The Balaban J connectivity index is 1.95. The Morgan fingerprint density at radius 1 is 1.50 bits per heavy atom. The van der Waals surface area contributed by atoms with E-state index < -0.39 is 6.10 Å². The quantitative estimate of drug-likeness (QED) is 0.516. The summed E-state index contributed by atoms with van der Waals surface area (Å²) in [7, 11) is 3.72. The Kier molecular flexibility index (Phi) is 8.49. The Hall–Kier alpha value is -0.240. The van der Waals surface area contributed by atoms with Crippen LogP contribution in [0, 0.1) is 0 Å². The standard InChI is InChI=1S/C12H26N2O4/c1-14-3-4-18-12(9-14)8-13-7-11(15)10-17-6-5-16-2/h11-13,15H,3-10H2,1-2H3. The van der Waals surface area contributed by atoms with Crippen molar-refractivity contribution in [3.05, 3.63) is 0 Å². The largest absolute Gasteiger partial charge is 0.389 e. The molecule has 2 atom stereocenters. The smallest absolute Gasteiger partial charge is 0.0897 e. The van der Waals surface area contributed by atoms with Crippen molar-refractivity contribution in [1.29, 1.82) is 0 Å². The number of likely N-dealkylation sites (N-methyl/N-ethyl adjacent to an activating group) is 1. The third-order valence-electron chi connectivity index (χ3n) is 2.84. The summed E-state index contributed by atoms with van der Waals surface area (Å²) < 4.78 is 15.7. The van der Waals surface area contributed by atoms with E-state index in [-0.39, 0.29) is 6.10 Å². The normalized spacial score (nSPS) is 23.2. The van der Waals surface area contributed by atoms with E-state index in [2.05, 4.69) is 17.3 Å². The topological polar surface area (TPSA) is 63.2 Å². The summed E-state index contributed by atoms with van der Waals surface area (Å²) in [5.74, 6) is 0. The summed E-state index contributed by atoms with van der Waals surface area (Å²) >= 11 is 0. The first-order valence-electron chi connectivity index (χ1n) is 6.48. The molecule has 1 fully saturated rings. The molecule has 0 bridgehead atoms. The minimum atomic E-state index is -0.483. The number of hydrogen-bond donors (Lipinski definition) is 2. The van der Waals surface area contributed by atoms with Crippen LogP contribution in [0.25, 0.3) is 0 Å². The average Bonchev–Trinajstić information content (AvgIpc) is 2.35. The maximum atomic E-state index is 9.65. The van der Waals surface area contributed by atoms with Crippen molar-refractivity contribution in [2.24, 2.45) is 0 Å². The van der Waals surface area contributed by atoms with Crippen LogP contribution in [0.3, 0.4) is 0 Å². The minimum absolute atomic E-state index is 0.213. The Labute approximate surface area is 109 Å². The fourth-order valence-electron chi connectivity index (χ4n) is 1.82. The molecule has 0 aromatic carbocycles. The van der Waals surface area contributed by atoms with Gasteiger partial charge in [0.05, 0.1) is 38.6 Å². The molecule has 1 saturated heterocycles. The van der Waals surface area contributed by atoms with E-state index in [1.54, 1.807) is 7.11 Å². The Morgan fingerprint density at radius 2 is 2.33 bits per heavy atom. The first kappa shape index (κ1) is 15.8. The van der Waals surface area contributed by atoms with Gasteiger partial charge in [-0.3, -0.25) is 0 Å². The Morgan fingerprint density at radius 3 is 3.06 bits per heavy atom. The number of nitrogens with zero attached hydrogens (tertiary/aromatic N) is 1. The van der Waals surface area contributed by atoms with Crippen molar-refractivity contribution in [3.8, 4) is 0 Å². The second kappa shape index (κ2) is 9.66. The zero-order valence-electron chi connectivity index (χ0n) is 11.4. The molecule has 0 aromatic rings. The van der Waals surface area contributed by atoms with Crippen molar-refractivity contribution in [1.82, 2.24) is 10.2 Å². The molecule has 2 N–H and O–H groups in total. The predicted molar refractivity (Wildman–Crippen MR) is 68.8 cm³/mol. The van der Waals surface area contributed by atoms with Gasteiger partial charge in [-0.25, -0.2) is 0 Å². The van der Waals surface area contributed by atoms with Gasteiger partial charge in [-0.1, -0.05) is 0 Å². The van der Waals surface area contributed by atoms with Crippen LogP contribution in [-0.4, -0.2) is 89.0 Å². The van der Waals surface area contributed by atoms with Crippen LogP contribution >= 0.6 is 0 Å². The third-order valence-corrected chi connectivity index (χ3v) is 2.84. The molecule has 0 saturated carbocycles. The predicted octanol–water partition coefficient (Wildman–Crippen LogP) is -1.07. The van der Waals surface area contributed by atoms with Gasteiger partial charge in [-0.05, 0) is 7.05 Å². The monoisotopic (exact) mass is 262 g/mol. The zero-order chi connectivity index (χ0) is 13.2. The lowest BCUT2D eigenvalue weighted by Gasteiger charge is -2.30. The Bertz CT molecular complexity index is 207. The first-order chi connectivity index (χ1) is 8.72. The van der Waals surface area contributed by atoms with Crippen LogP contribution in [0.4, 0.5) is 0 Å². The van der Waals surface area contributed by atoms with Crippen LogP contribution in [0.1, 0.15) is 0 Å². The summed E-state index contributed by atoms with van der Waals surface area (Å²) in [4.78, 5) is 2.25. The lowest BCUT2D eigenvalue weighted by atomic mass is 10.2. The molecular formula is C12H26N2O4. The fourth-order valence-corrected chi connectivity index (χ4v) is 1.82. The number of aliphatic hydroxyl groups is 1. The molecule has 1 heterocycles. The van der Waals surface area contributed by atoms with Gasteiger partial charge in [-0.15, -0.1) is 0 Å². The van der Waals surface area contributed by atoms with E-state index >= 15 is 0 Å². The SMILES string of the molecule is COCCOCC(O)CNCC1CN(C)CCO1. The van der Waals surface area contributed by atoms with Crippen molar-refractivity contribution >= 4 is 0 Å². The van der Waals surface area contributed by atoms with Crippen LogP contribution in [-0.2, 0) is 14.2 Å². The van der Waals surface area contributed by atoms with Gasteiger partial charge >= 0.3 is 0 Å². The van der Waals surface area contributed by atoms with Crippen molar-refractivity contribution in [3.63, 3.8) is 0 Å². The first-order valence-corrected chi connectivity index (χ1v) is 6.48. The van der Waals surface area contributed by atoms with E-state index in [4.69, 9.17) is 14.2 Å². The lowest BCUT2D eigenvalue weighted by Crippen LogP contribution is -2.46. The molecule has 0 radical (unpaired) electrons. The third kappa shape index (κ3) is 7.25. The molecule has 2 unspecified atom stereocenters. The van der Waals surface area contributed by atoms with E-state index in [9.17, 15) is 5.11 Å². The number of nitrogens with one attached hydrogen (secondary N) is 1. The second-order valence-corrected chi connectivity index (χ2v) is 4.63. The summed E-state index contributed by atoms with van der Waals surface area (Å²) in [5, 5.41) is 12.9. The van der Waals surface area contributed by atoms with Gasteiger partial charge < -0.3 is 29.5 Å². The molecule has 0 aliphatic carbocycles. The number of ether oxygens (including phenoxy) is 3. The van der Waals surface area contributed by atoms with Gasteiger partial charge in [0, 0.05) is 33.3 Å². The number of rotatable bonds is 9. The van der Waals surface area contributed by atoms with Crippen molar-refractivity contribution in [2.45, 2.75) is 12.2 Å². The van der Waals surface area contributed by atoms with Crippen molar-refractivity contribution in [2.75, 3.05) is 66.8 Å². The van der Waals surface area contributed by atoms with E-state index in [1.807, 2.05) is 0 Å². The second-order valence-electron chi connectivity index (χ2n) is 4.63. The van der Waals surface area contributed by atoms with Gasteiger partial charge in [0.1, 0.15) is 0 Å². The van der Waals surface area contributed by atoms with E-state index in [0.717, 1.165) is 26.2 Å². The number of hydrogen-bond acceptors (Lipinski definition) is 6. The molecule has 0 aromatic heterocycles. The highest BCUT2D eigenvalue weighted by Gasteiger charge is 2.17. The van der Waals surface area contributed by atoms with Gasteiger partial charge in [-0.2, -0.15) is 0 Å². The average molecular weight is 262 g/mol. The number of methoxy groups -OCH3 is 1. The zero-order valence-corrected chi connectivity index (χ0v) is 11.4. The molecule has 0 spiro atoms. The van der Waals surface area contributed by atoms with E-state index in [1.165, 1.54) is 0 Å². The van der Waals surface area contributed by atoms with Crippen LogP contribution in [0.2, 0.25) is 0 Å². The molecule has 0 amide bonds. The molecular weight excluding hydrogens is 236 g/mol. The molecule has 1 rings (SSSR count). The lowest BCUT2D eigenvalue weighted by molar-refractivity contribution is -0.0217. The minimum Gasteiger partial charge on any atom is -0.389 e. The molecule has 6 heteroatoms. The molecule has 6 nitrogen and oxygen atoms in total. The number of morpholine rings is 1. The highest BCUT2D eigenvalue weighted by atomic mass is 16.5. The molecule has 18 heavy (non-hydrogen) atoms. The molecule has 1 aliphatic rings. The van der Waals surface area contributed by atoms with Crippen LogP contribution in [0.15, 0.2) is 0 Å². The maximum absolute atomic E-state index is 9.65. The molecule has 1 aliphatic heterocycles. The highest BCUT2D eigenvalue weighted by molar-refractivity contribution is 4.71. The van der Waals surface area contributed by atoms with Crippen molar-refractivity contribution < 1.29 is 19.3 Å². The van der Waals surface area contributed by atoms with Crippen LogP contribution in [0.5, 0.6) is 0 Å². The summed E-state index contributed by atoms with van der Waals surface area (Å²) in [6.45, 7) is 5.41. The summed E-state index contributed by atoms with van der Waals surface area (Å²) in [6, 6.07) is 0. The maximum Gasteiger partial charge on any atom is 0.0897 e. The summed E-state index contributed by atoms with van der Waals surface area (Å²) in [5.41, 5.74) is 0. The van der Waals surface area contributed by atoms with Gasteiger partial charge in [0.15, 0.2) is 0 Å². The fraction of sp³-hybridized carbons (Fsp3) is 1.00.